The SMILES string of the molecule is CCOC(=O)C1=C(N2CCC(N3CCOCC3)CC2)OC(=Cc2c[nH]c3ncccc23)C1=O. The number of nitrogens with one attached hydrogen (secondary N) is 1. The number of likely N-dealkylation sites (tertiary alicyclic amines) is 1. The van der Waals surface area contributed by atoms with Crippen LogP contribution in [0.25, 0.3) is 17.1 Å². The zero-order valence-corrected chi connectivity index (χ0v) is 18.7. The average molecular weight is 453 g/mol. The highest BCUT2D eigenvalue weighted by Gasteiger charge is 2.40. The summed E-state index contributed by atoms with van der Waals surface area (Å²) in [5.74, 6) is -0.662. The molecule has 0 radical (unpaired) electrons. The van der Waals surface area contributed by atoms with Crippen LogP contribution in [0, 0.1) is 0 Å². The fraction of sp³-hybridized carbons (Fsp3) is 0.458. The quantitative estimate of drug-likeness (QED) is 0.418. The van der Waals surface area contributed by atoms with E-state index in [4.69, 9.17) is 14.2 Å². The second kappa shape index (κ2) is 9.36. The lowest BCUT2D eigenvalue weighted by Crippen LogP contribution is -2.49. The lowest BCUT2D eigenvalue weighted by atomic mass is 10.0. The summed E-state index contributed by atoms with van der Waals surface area (Å²) in [5, 5.41) is 0.874. The number of hydrogen-bond donors (Lipinski definition) is 1. The van der Waals surface area contributed by atoms with E-state index in [0.717, 1.165) is 55.7 Å². The number of ether oxygens (including phenoxy) is 3. The highest BCUT2D eigenvalue weighted by Crippen LogP contribution is 2.33. The Balaban J connectivity index is 1.38. The molecule has 0 bridgehead atoms. The first-order valence-electron chi connectivity index (χ1n) is 11.5. The van der Waals surface area contributed by atoms with Crippen molar-refractivity contribution in [3.05, 3.63) is 47.3 Å². The Labute approximate surface area is 192 Å². The fourth-order valence-corrected chi connectivity index (χ4v) is 4.74. The van der Waals surface area contributed by atoms with Crippen LogP contribution in [-0.4, -0.2) is 83.6 Å². The molecule has 0 unspecified atom stereocenters. The van der Waals surface area contributed by atoms with Crippen LogP contribution in [0.1, 0.15) is 25.3 Å². The van der Waals surface area contributed by atoms with Crippen LogP contribution >= 0.6 is 0 Å². The molecule has 0 aromatic carbocycles. The normalized spacial score (nSPS) is 21.8. The molecule has 9 nitrogen and oxygen atoms in total. The molecule has 33 heavy (non-hydrogen) atoms. The van der Waals surface area contributed by atoms with E-state index in [-0.39, 0.29) is 17.9 Å². The van der Waals surface area contributed by atoms with Crippen molar-refractivity contribution < 1.29 is 23.8 Å². The molecule has 0 spiro atoms. The van der Waals surface area contributed by atoms with Crippen molar-refractivity contribution in [3.63, 3.8) is 0 Å². The number of carbonyl (C=O) groups excluding carboxylic acids is 2. The maximum absolute atomic E-state index is 13.2. The summed E-state index contributed by atoms with van der Waals surface area (Å²) in [6, 6.07) is 4.23. The smallest absolute Gasteiger partial charge is 0.347 e. The molecule has 0 amide bonds. The molecule has 174 valence electrons. The predicted molar refractivity (Wildman–Crippen MR) is 121 cm³/mol. The van der Waals surface area contributed by atoms with Crippen molar-refractivity contribution in [3.8, 4) is 0 Å². The van der Waals surface area contributed by atoms with E-state index in [1.165, 1.54) is 0 Å². The van der Waals surface area contributed by atoms with E-state index >= 15 is 0 Å². The summed E-state index contributed by atoms with van der Waals surface area (Å²) in [6.07, 6.45) is 7.01. The number of fused-ring (bicyclic) bond motifs is 1. The topological polar surface area (TPSA) is 97.0 Å². The summed E-state index contributed by atoms with van der Waals surface area (Å²) in [6.45, 7) is 6.76. The number of Topliss-reactive ketones (excluding diaryl/α,β-unsaturated/α-hetero) is 1. The Bertz CT molecular complexity index is 1110. The van der Waals surface area contributed by atoms with Gasteiger partial charge in [-0.3, -0.25) is 9.69 Å². The molecule has 3 aliphatic rings. The Morgan fingerprint density at radius 2 is 2.06 bits per heavy atom. The number of ketones is 1. The minimum Gasteiger partial charge on any atom is -0.462 e. The summed E-state index contributed by atoms with van der Waals surface area (Å²) < 4.78 is 16.7. The van der Waals surface area contributed by atoms with Gasteiger partial charge in [0.05, 0.1) is 19.8 Å². The van der Waals surface area contributed by atoms with Gasteiger partial charge in [0.25, 0.3) is 0 Å². The van der Waals surface area contributed by atoms with Gasteiger partial charge >= 0.3 is 5.97 Å². The maximum Gasteiger partial charge on any atom is 0.347 e. The van der Waals surface area contributed by atoms with E-state index in [1.807, 2.05) is 17.0 Å². The lowest BCUT2D eigenvalue weighted by Gasteiger charge is -2.40. The van der Waals surface area contributed by atoms with Crippen LogP contribution < -0.4 is 0 Å². The summed E-state index contributed by atoms with van der Waals surface area (Å²) in [5.41, 5.74) is 1.47. The Morgan fingerprint density at radius 1 is 1.27 bits per heavy atom. The third kappa shape index (κ3) is 4.26. The number of aromatic nitrogens is 2. The van der Waals surface area contributed by atoms with Crippen LogP contribution in [0.3, 0.4) is 0 Å². The first kappa shape index (κ1) is 21.7. The van der Waals surface area contributed by atoms with E-state index in [0.29, 0.717) is 25.0 Å². The van der Waals surface area contributed by atoms with Gasteiger partial charge in [-0.15, -0.1) is 0 Å². The van der Waals surface area contributed by atoms with Crippen molar-refractivity contribution in [1.29, 1.82) is 0 Å². The van der Waals surface area contributed by atoms with Crippen LogP contribution in [0.4, 0.5) is 0 Å². The molecule has 3 aliphatic heterocycles. The van der Waals surface area contributed by atoms with Crippen LogP contribution in [-0.2, 0) is 23.8 Å². The molecule has 5 rings (SSSR count). The van der Waals surface area contributed by atoms with Crippen molar-refractivity contribution in [2.24, 2.45) is 0 Å². The van der Waals surface area contributed by atoms with Crippen LogP contribution in [0.2, 0.25) is 0 Å². The second-order valence-electron chi connectivity index (χ2n) is 8.35. The zero-order valence-electron chi connectivity index (χ0n) is 18.7. The molecule has 2 aromatic rings. The number of pyridine rings is 1. The number of piperidine rings is 1. The molecule has 0 atom stereocenters. The molecule has 2 aromatic heterocycles. The number of esters is 1. The van der Waals surface area contributed by atoms with E-state index in [1.54, 1.807) is 25.4 Å². The third-order valence-corrected chi connectivity index (χ3v) is 6.43. The first-order valence-corrected chi connectivity index (χ1v) is 11.5. The van der Waals surface area contributed by atoms with Crippen molar-refractivity contribution in [1.82, 2.24) is 19.8 Å². The second-order valence-corrected chi connectivity index (χ2v) is 8.35. The number of carbonyl (C=O) groups is 2. The van der Waals surface area contributed by atoms with Gasteiger partial charge in [-0.25, -0.2) is 9.78 Å². The molecule has 1 N–H and O–H groups in total. The largest absolute Gasteiger partial charge is 0.462 e. The molecule has 2 fully saturated rings. The maximum atomic E-state index is 13.2. The number of rotatable bonds is 5. The molecular weight excluding hydrogens is 424 g/mol. The number of nitrogens with zero attached hydrogens (tertiary/aromatic N) is 3. The number of aromatic amines is 1. The molecule has 2 saturated heterocycles. The van der Waals surface area contributed by atoms with Crippen molar-refractivity contribution in [2.75, 3.05) is 46.0 Å². The molecule has 0 aliphatic carbocycles. The van der Waals surface area contributed by atoms with Crippen molar-refractivity contribution in [2.45, 2.75) is 25.8 Å². The summed E-state index contributed by atoms with van der Waals surface area (Å²) in [7, 11) is 0. The van der Waals surface area contributed by atoms with Gasteiger partial charge in [0, 0.05) is 55.6 Å². The average Bonchev–Trinajstić information content (AvgIpc) is 3.41. The first-order chi connectivity index (χ1) is 16.2. The van der Waals surface area contributed by atoms with Crippen molar-refractivity contribution >= 4 is 28.9 Å². The number of allylic oxidation sites excluding steroid dienone is 1. The minimum absolute atomic E-state index is 0.0223. The summed E-state index contributed by atoms with van der Waals surface area (Å²) in [4.78, 5) is 37.8. The fourth-order valence-electron chi connectivity index (χ4n) is 4.74. The van der Waals surface area contributed by atoms with E-state index in [2.05, 4.69) is 14.9 Å². The van der Waals surface area contributed by atoms with Gasteiger partial charge in [0.2, 0.25) is 11.7 Å². The van der Waals surface area contributed by atoms with Gasteiger partial charge in [0.1, 0.15) is 5.65 Å². The number of hydrogen-bond acceptors (Lipinski definition) is 8. The lowest BCUT2D eigenvalue weighted by molar-refractivity contribution is -0.139. The van der Waals surface area contributed by atoms with Gasteiger partial charge in [-0.2, -0.15) is 0 Å². The van der Waals surface area contributed by atoms with Gasteiger partial charge in [-0.05, 0) is 38.0 Å². The number of H-pyrrole nitrogens is 1. The highest BCUT2D eigenvalue weighted by molar-refractivity contribution is 6.26. The molecule has 0 saturated carbocycles. The minimum atomic E-state index is -0.642. The Kier molecular flexibility index (Phi) is 6.15. The van der Waals surface area contributed by atoms with Crippen LogP contribution in [0.5, 0.6) is 0 Å². The van der Waals surface area contributed by atoms with Crippen LogP contribution in [0.15, 0.2) is 41.7 Å². The molecule has 9 heteroatoms. The van der Waals surface area contributed by atoms with E-state index in [9.17, 15) is 9.59 Å². The zero-order chi connectivity index (χ0) is 22.8. The predicted octanol–water partition coefficient (Wildman–Crippen LogP) is 2.07. The third-order valence-electron chi connectivity index (χ3n) is 6.43. The Hall–Kier alpha value is -3.17. The standard InChI is InChI=1S/C24H28N4O5/c1-2-32-24(30)20-21(29)19(14-16-15-26-22-18(16)4-3-7-25-22)33-23(20)28-8-5-17(6-9-28)27-10-12-31-13-11-27/h3-4,7,14-15,17H,2,5-6,8-13H2,1H3,(H,25,26). The van der Waals surface area contributed by atoms with E-state index < -0.39 is 11.8 Å². The number of morpholine rings is 1. The van der Waals surface area contributed by atoms with Gasteiger partial charge < -0.3 is 24.1 Å². The monoisotopic (exact) mass is 452 g/mol. The summed E-state index contributed by atoms with van der Waals surface area (Å²) >= 11 is 0. The highest BCUT2D eigenvalue weighted by atomic mass is 16.5. The van der Waals surface area contributed by atoms with Gasteiger partial charge in [0.15, 0.2) is 11.3 Å². The Morgan fingerprint density at radius 3 is 2.82 bits per heavy atom. The van der Waals surface area contributed by atoms with Gasteiger partial charge in [-0.1, -0.05) is 0 Å². The molecule has 5 heterocycles. The molecular formula is C24H28N4O5.